The fraction of sp³-hybridized carbons (Fsp3) is 0.778. The molecule has 1 fully saturated rings. The molecule has 0 aliphatic carbocycles. The second kappa shape index (κ2) is 3.73. The molecule has 5 heteroatoms. The van der Waals surface area contributed by atoms with Gasteiger partial charge in [-0.25, -0.2) is 0 Å². The van der Waals surface area contributed by atoms with E-state index in [-0.39, 0.29) is 18.1 Å². The molecule has 0 aromatic heterocycles. The van der Waals surface area contributed by atoms with E-state index in [1.165, 1.54) is 0 Å². The number of carbonyl (C=O) groups is 1. The predicted molar refractivity (Wildman–Crippen MR) is 58.2 cm³/mol. The molecule has 0 bridgehead atoms. The van der Waals surface area contributed by atoms with Crippen LogP contribution >= 0.6 is 12.2 Å². The maximum Gasteiger partial charge on any atom is 0.323 e. The minimum atomic E-state index is -0.847. The Morgan fingerprint density at radius 3 is 2.79 bits per heavy atom. The van der Waals surface area contributed by atoms with Crippen LogP contribution < -0.4 is 5.32 Å². The van der Waals surface area contributed by atoms with Crippen molar-refractivity contribution in [3.8, 4) is 0 Å². The lowest BCUT2D eigenvalue weighted by Crippen LogP contribution is -2.61. The van der Waals surface area contributed by atoms with Crippen LogP contribution in [0.3, 0.4) is 0 Å². The van der Waals surface area contributed by atoms with E-state index in [9.17, 15) is 4.79 Å². The Hall–Kier alpha value is -0.840. The highest BCUT2D eigenvalue weighted by Gasteiger charge is 2.33. The van der Waals surface area contributed by atoms with Crippen molar-refractivity contribution in [2.24, 2.45) is 0 Å². The molecule has 2 N–H and O–H groups in total. The lowest BCUT2D eigenvalue weighted by molar-refractivity contribution is -0.138. The lowest BCUT2D eigenvalue weighted by atomic mass is 9.93. The fourth-order valence-corrected chi connectivity index (χ4v) is 2.36. The number of nitrogens with one attached hydrogen (secondary N) is 1. The van der Waals surface area contributed by atoms with Gasteiger partial charge in [0.25, 0.3) is 0 Å². The van der Waals surface area contributed by atoms with Crippen LogP contribution in [-0.2, 0) is 4.79 Å². The molecule has 0 saturated carbocycles. The fourth-order valence-electron chi connectivity index (χ4n) is 1.83. The molecule has 0 spiro atoms. The summed E-state index contributed by atoms with van der Waals surface area (Å²) in [5.74, 6) is -0.847. The zero-order chi connectivity index (χ0) is 10.9. The van der Waals surface area contributed by atoms with E-state index in [0.717, 1.165) is 6.42 Å². The quantitative estimate of drug-likeness (QED) is 0.669. The molecule has 0 unspecified atom stereocenters. The lowest BCUT2D eigenvalue weighted by Gasteiger charge is -2.44. The smallest absolute Gasteiger partial charge is 0.323 e. The minimum Gasteiger partial charge on any atom is -0.480 e. The van der Waals surface area contributed by atoms with Crippen molar-refractivity contribution in [3.05, 3.63) is 0 Å². The standard InChI is InChI=1S/C9H16N2O2S/c1-6-4-9(2,3)10-8(14)11(6)5-7(12)13/h6H,4-5H2,1-3H3,(H,10,14)(H,12,13)/t6-/m1/s1. The largest absolute Gasteiger partial charge is 0.480 e. The van der Waals surface area contributed by atoms with Gasteiger partial charge in [0, 0.05) is 11.6 Å². The van der Waals surface area contributed by atoms with E-state index in [2.05, 4.69) is 19.2 Å². The number of carboxylic acid groups (broad SMARTS) is 1. The van der Waals surface area contributed by atoms with Gasteiger partial charge in [0.15, 0.2) is 5.11 Å². The second-order valence-corrected chi connectivity index (χ2v) is 4.78. The Kier molecular flexibility index (Phi) is 2.99. The van der Waals surface area contributed by atoms with Gasteiger partial charge in [0.05, 0.1) is 0 Å². The van der Waals surface area contributed by atoms with Crippen LogP contribution in [-0.4, -0.2) is 39.2 Å². The van der Waals surface area contributed by atoms with Crippen molar-refractivity contribution in [2.45, 2.75) is 38.8 Å². The minimum absolute atomic E-state index is 0.0247. The summed E-state index contributed by atoms with van der Waals surface area (Å²) in [6, 6.07) is 0.176. The first-order valence-electron chi connectivity index (χ1n) is 4.62. The third-order valence-electron chi connectivity index (χ3n) is 2.35. The molecule has 0 radical (unpaired) electrons. The zero-order valence-electron chi connectivity index (χ0n) is 8.70. The molecule has 14 heavy (non-hydrogen) atoms. The predicted octanol–water partition coefficient (Wildman–Crippen LogP) is 0.818. The number of thiocarbonyl (C=S) groups is 1. The zero-order valence-corrected chi connectivity index (χ0v) is 9.52. The van der Waals surface area contributed by atoms with Crippen LogP contribution in [0.15, 0.2) is 0 Å². The summed E-state index contributed by atoms with van der Waals surface area (Å²) in [7, 11) is 0. The first-order chi connectivity index (χ1) is 6.32. The Morgan fingerprint density at radius 2 is 2.36 bits per heavy atom. The monoisotopic (exact) mass is 216 g/mol. The summed E-state index contributed by atoms with van der Waals surface area (Å²) >= 11 is 5.12. The normalized spacial score (nSPS) is 25.8. The number of rotatable bonds is 2. The number of hydrogen-bond donors (Lipinski definition) is 2. The molecular weight excluding hydrogens is 200 g/mol. The Morgan fingerprint density at radius 1 is 1.79 bits per heavy atom. The molecule has 80 valence electrons. The van der Waals surface area contributed by atoms with E-state index < -0.39 is 5.97 Å². The van der Waals surface area contributed by atoms with Gasteiger partial charge in [-0.1, -0.05) is 0 Å². The molecule has 4 nitrogen and oxygen atoms in total. The maximum absolute atomic E-state index is 10.6. The van der Waals surface area contributed by atoms with Gasteiger partial charge in [-0.05, 0) is 39.4 Å². The van der Waals surface area contributed by atoms with Crippen molar-refractivity contribution in [1.29, 1.82) is 0 Å². The number of hydrogen-bond acceptors (Lipinski definition) is 2. The summed E-state index contributed by atoms with van der Waals surface area (Å²) < 4.78 is 0. The summed E-state index contributed by atoms with van der Waals surface area (Å²) in [5.41, 5.74) is -0.0362. The number of carboxylic acids is 1. The van der Waals surface area contributed by atoms with E-state index in [4.69, 9.17) is 17.3 Å². The van der Waals surface area contributed by atoms with E-state index >= 15 is 0 Å². The molecular formula is C9H16N2O2S. The van der Waals surface area contributed by atoms with Crippen LogP contribution in [0.1, 0.15) is 27.2 Å². The van der Waals surface area contributed by atoms with Crippen molar-refractivity contribution in [1.82, 2.24) is 10.2 Å². The van der Waals surface area contributed by atoms with Gasteiger partial charge in [-0.2, -0.15) is 0 Å². The third kappa shape index (κ3) is 2.57. The second-order valence-electron chi connectivity index (χ2n) is 4.39. The van der Waals surface area contributed by atoms with Crippen molar-refractivity contribution in [3.63, 3.8) is 0 Å². The molecule has 1 aliphatic rings. The van der Waals surface area contributed by atoms with Crippen molar-refractivity contribution in [2.75, 3.05) is 6.54 Å². The van der Waals surface area contributed by atoms with Crippen LogP contribution in [0, 0.1) is 0 Å². The highest BCUT2D eigenvalue weighted by Crippen LogP contribution is 2.21. The van der Waals surface area contributed by atoms with E-state index in [0.29, 0.717) is 5.11 Å². The highest BCUT2D eigenvalue weighted by atomic mass is 32.1. The van der Waals surface area contributed by atoms with Gasteiger partial charge < -0.3 is 15.3 Å². The Balaban J connectivity index is 2.70. The van der Waals surface area contributed by atoms with E-state index in [1.807, 2.05) is 6.92 Å². The van der Waals surface area contributed by atoms with Crippen LogP contribution in [0.2, 0.25) is 0 Å². The van der Waals surface area contributed by atoms with Crippen molar-refractivity contribution >= 4 is 23.3 Å². The van der Waals surface area contributed by atoms with Crippen LogP contribution in [0.25, 0.3) is 0 Å². The first kappa shape index (κ1) is 11.2. The van der Waals surface area contributed by atoms with Crippen molar-refractivity contribution < 1.29 is 9.90 Å². The number of aliphatic carboxylic acids is 1. The average Bonchev–Trinajstić information content (AvgIpc) is 1.94. The maximum atomic E-state index is 10.6. The van der Waals surface area contributed by atoms with E-state index in [1.54, 1.807) is 4.90 Å². The highest BCUT2D eigenvalue weighted by molar-refractivity contribution is 7.80. The van der Waals surface area contributed by atoms with Gasteiger partial charge in [0.2, 0.25) is 0 Å². The number of nitrogens with zero attached hydrogens (tertiary/aromatic N) is 1. The van der Waals surface area contributed by atoms with Crippen LogP contribution in [0.5, 0.6) is 0 Å². The third-order valence-corrected chi connectivity index (χ3v) is 2.69. The summed E-state index contributed by atoms with van der Waals surface area (Å²) in [6.07, 6.45) is 0.889. The molecule has 1 rings (SSSR count). The van der Waals surface area contributed by atoms with Gasteiger partial charge in [-0.15, -0.1) is 0 Å². The molecule has 0 aromatic carbocycles. The molecule has 0 aromatic rings. The molecule has 1 heterocycles. The Bertz CT molecular complexity index is 266. The topological polar surface area (TPSA) is 52.6 Å². The van der Waals surface area contributed by atoms with Crippen LogP contribution in [0.4, 0.5) is 0 Å². The van der Waals surface area contributed by atoms with Gasteiger partial charge in [-0.3, -0.25) is 4.79 Å². The Labute approximate surface area is 89.3 Å². The SMILES string of the molecule is C[C@@H]1CC(C)(C)NC(=S)N1CC(=O)O. The summed E-state index contributed by atoms with van der Waals surface area (Å²) in [4.78, 5) is 12.3. The summed E-state index contributed by atoms with van der Waals surface area (Å²) in [6.45, 7) is 6.10. The molecule has 1 atom stereocenters. The summed E-state index contributed by atoms with van der Waals surface area (Å²) in [5, 5.41) is 12.4. The molecule has 0 amide bonds. The first-order valence-corrected chi connectivity index (χ1v) is 5.03. The molecule has 1 saturated heterocycles. The average molecular weight is 216 g/mol. The van der Waals surface area contributed by atoms with Gasteiger partial charge >= 0.3 is 5.97 Å². The molecule has 1 aliphatic heterocycles. The van der Waals surface area contributed by atoms with Gasteiger partial charge in [0.1, 0.15) is 6.54 Å².